The zero-order chi connectivity index (χ0) is 18.5. The average Bonchev–Trinajstić information content (AvgIpc) is 3.24. The number of carbonyl (C=O) groups is 3. The SMILES string of the molecule is CCCCCCNC(=O)c1ccc2c(c1)C(=O)N(Cc1ccco1)C2=O. The Balaban J connectivity index is 1.68. The molecule has 6 heteroatoms. The predicted octanol–water partition coefficient (Wildman–Crippen LogP) is 3.39. The molecule has 0 spiro atoms. The number of benzene rings is 1. The summed E-state index contributed by atoms with van der Waals surface area (Å²) in [5.74, 6) is -0.467. The molecular weight excluding hydrogens is 332 g/mol. The summed E-state index contributed by atoms with van der Waals surface area (Å²) in [7, 11) is 0. The van der Waals surface area contributed by atoms with Gasteiger partial charge in [-0.05, 0) is 36.8 Å². The van der Waals surface area contributed by atoms with Crippen molar-refractivity contribution in [2.45, 2.75) is 39.2 Å². The van der Waals surface area contributed by atoms with Crippen molar-refractivity contribution in [3.05, 3.63) is 59.0 Å². The van der Waals surface area contributed by atoms with Crippen molar-refractivity contribution in [1.29, 1.82) is 0 Å². The van der Waals surface area contributed by atoms with Crippen LogP contribution in [0.15, 0.2) is 41.0 Å². The molecule has 2 heterocycles. The van der Waals surface area contributed by atoms with E-state index in [-0.39, 0.29) is 23.9 Å². The molecular formula is C20H22N2O4. The van der Waals surface area contributed by atoms with Crippen LogP contribution >= 0.6 is 0 Å². The smallest absolute Gasteiger partial charge is 0.261 e. The summed E-state index contributed by atoms with van der Waals surface area (Å²) in [4.78, 5) is 38.4. The van der Waals surface area contributed by atoms with E-state index in [0.29, 0.717) is 23.4 Å². The summed E-state index contributed by atoms with van der Waals surface area (Å²) in [6, 6.07) is 8.04. The Labute approximate surface area is 152 Å². The van der Waals surface area contributed by atoms with Crippen LogP contribution in [0.25, 0.3) is 0 Å². The van der Waals surface area contributed by atoms with Crippen molar-refractivity contribution in [3.63, 3.8) is 0 Å². The number of nitrogens with one attached hydrogen (secondary N) is 1. The highest BCUT2D eigenvalue weighted by Crippen LogP contribution is 2.25. The van der Waals surface area contributed by atoms with Crippen molar-refractivity contribution < 1.29 is 18.8 Å². The van der Waals surface area contributed by atoms with Gasteiger partial charge in [0, 0.05) is 12.1 Å². The third kappa shape index (κ3) is 3.69. The number of fused-ring (bicyclic) bond motifs is 1. The normalized spacial score (nSPS) is 13.2. The van der Waals surface area contributed by atoms with Gasteiger partial charge in [-0.2, -0.15) is 0 Å². The Morgan fingerprint density at radius 1 is 1.08 bits per heavy atom. The van der Waals surface area contributed by atoms with E-state index in [9.17, 15) is 14.4 Å². The molecule has 136 valence electrons. The molecule has 1 aromatic carbocycles. The van der Waals surface area contributed by atoms with Gasteiger partial charge in [-0.15, -0.1) is 0 Å². The molecule has 3 rings (SSSR count). The number of imide groups is 1. The van der Waals surface area contributed by atoms with E-state index in [0.717, 1.165) is 30.6 Å². The lowest BCUT2D eigenvalue weighted by atomic mass is 10.1. The standard InChI is InChI=1S/C20H22N2O4/c1-2-3-4-5-10-21-18(23)14-8-9-16-17(12-14)20(25)22(19(16)24)13-15-7-6-11-26-15/h6-9,11-12H,2-5,10,13H2,1H3,(H,21,23). The van der Waals surface area contributed by atoms with Crippen LogP contribution in [-0.2, 0) is 6.54 Å². The fourth-order valence-corrected chi connectivity index (χ4v) is 2.99. The summed E-state index contributed by atoms with van der Waals surface area (Å²) in [5.41, 5.74) is 0.974. The van der Waals surface area contributed by atoms with E-state index < -0.39 is 5.91 Å². The molecule has 26 heavy (non-hydrogen) atoms. The summed E-state index contributed by atoms with van der Waals surface area (Å²) in [5, 5.41) is 2.86. The maximum atomic E-state index is 12.6. The summed E-state index contributed by atoms with van der Waals surface area (Å²) < 4.78 is 5.21. The minimum atomic E-state index is -0.404. The lowest BCUT2D eigenvalue weighted by Gasteiger charge is -2.11. The van der Waals surface area contributed by atoms with Crippen LogP contribution in [0.2, 0.25) is 0 Å². The average molecular weight is 354 g/mol. The molecule has 1 aromatic heterocycles. The number of unbranched alkanes of at least 4 members (excludes halogenated alkanes) is 3. The van der Waals surface area contributed by atoms with E-state index >= 15 is 0 Å². The first-order valence-corrected chi connectivity index (χ1v) is 8.92. The van der Waals surface area contributed by atoms with Crippen LogP contribution in [0.3, 0.4) is 0 Å². The van der Waals surface area contributed by atoms with E-state index in [1.165, 1.54) is 12.3 Å². The fraction of sp³-hybridized carbons (Fsp3) is 0.350. The second-order valence-corrected chi connectivity index (χ2v) is 6.35. The van der Waals surface area contributed by atoms with Crippen LogP contribution < -0.4 is 5.32 Å². The quantitative estimate of drug-likeness (QED) is 0.582. The minimum Gasteiger partial charge on any atom is -0.467 e. The highest BCUT2D eigenvalue weighted by molar-refractivity contribution is 6.21. The van der Waals surface area contributed by atoms with E-state index in [1.807, 2.05) is 0 Å². The first kappa shape index (κ1) is 17.9. The van der Waals surface area contributed by atoms with Gasteiger partial charge in [-0.1, -0.05) is 26.2 Å². The molecule has 3 amide bonds. The van der Waals surface area contributed by atoms with Gasteiger partial charge in [-0.25, -0.2) is 0 Å². The number of hydrogen-bond donors (Lipinski definition) is 1. The van der Waals surface area contributed by atoms with Gasteiger partial charge < -0.3 is 9.73 Å². The molecule has 0 aliphatic carbocycles. The Bertz CT molecular complexity index is 811. The van der Waals surface area contributed by atoms with Crippen LogP contribution in [-0.4, -0.2) is 29.2 Å². The predicted molar refractivity (Wildman–Crippen MR) is 95.8 cm³/mol. The number of rotatable bonds is 8. The molecule has 0 saturated heterocycles. The van der Waals surface area contributed by atoms with E-state index in [4.69, 9.17) is 4.42 Å². The molecule has 0 atom stereocenters. The highest BCUT2D eigenvalue weighted by Gasteiger charge is 2.36. The molecule has 0 bridgehead atoms. The number of nitrogens with zero attached hydrogens (tertiary/aromatic N) is 1. The largest absolute Gasteiger partial charge is 0.467 e. The van der Waals surface area contributed by atoms with Crippen molar-refractivity contribution in [2.75, 3.05) is 6.54 Å². The number of furan rings is 1. The second-order valence-electron chi connectivity index (χ2n) is 6.35. The molecule has 0 saturated carbocycles. The zero-order valence-electron chi connectivity index (χ0n) is 14.8. The first-order valence-electron chi connectivity index (χ1n) is 8.92. The molecule has 1 N–H and O–H groups in total. The van der Waals surface area contributed by atoms with Crippen LogP contribution in [0, 0.1) is 0 Å². The monoisotopic (exact) mass is 354 g/mol. The first-order chi connectivity index (χ1) is 12.6. The molecule has 0 fully saturated rings. The van der Waals surface area contributed by atoms with Crippen molar-refractivity contribution >= 4 is 17.7 Å². The summed E-state index contributed by atoms with van der Waals surface area (Å²) in [6.45, 7) is 2.82. The summed E-state index contributed by atoms with van der Waals surface area (Å²) in [6.07, 6.45) is 5.80. The van der Waals surface area contributed by atoms with E-state index in [1.54, 1.807) is 24.3 Å². The summed E-state index contributed by atoms with van der Waals surface area (Å²) >= 11 is 0. The third-order valence-electron chi connectivity index (χ3n) is 4.44. The van der Waals surface area contributed by atoms with Gasteiger partial charge >= 0.3 is 0 Å². The van der Waals surface area contributed by atoms with Crippen molar-refractivity contribution in [1.82, 2.24) is 10.2 Å². The highest BCUT2D eigenvalue weighted by atomic mass is 16.3. The van der Waals surface area contributed by atoms with Gasteiger partial charge in [0.15, 0.2) is 0 Å². The molecule has 6 nitrogen and oxygen atoms in total. The number of carbonyl (C=O) groups excluding carboxylic acids is 3. The Morgan fingerprint density at radius 3 is 2.62 bits per heavy atom. The van der Waals surface area contributed by atoms with Crippen molar-refractivity contribution in [2.24, 2.45) is 0 Å². The molecule has 0 radical (unpaired) electrons. The lowest BCUT2D eigenvalue weighted by molar-refractivity contribution is 0.0631. The lowest BCUT2D eigenvalue weighted by Crippen LogP contribution is -2.28. The second kappa shape index (κ2) is 7.99. The van der Waals surface area contributed by atoms with Crippen LogP contribution in [0.1, 0.15) is 69.4 Å². The molecule has 1 aliphatic heterocycles. The Morgan fingerprint density at radius 2 is 1.88 bits per heavy atom. The van der Waals surface area contributed by atoms with Gasteiger partial charge in [-0.3, -0.25) is 19.3 Å². The minimum absolute atomic E-state index is 0.0817. The third-order valence-corrected chi connectivity index (χ3v) is 4.44. The molecule has 0 unspecified atom stereocenters. The van der Waals surface area contributed by atoms with Gasteiger partial charge in [0.05, 0.1) is 23.9 Å². The fourth-order valence-electron chi connectivity index (χ4n) is 2.99. The maximum Gasteiger partial charge on any atom is 0.261 e. The van der Waals surface area contributed by atoms with E-state index in [2.05, 4.69) is 12.2 Å². The molecule has 2 aromatic rings. The van der Waals surface area contributed by atoms with Crippen LogP contribution in [0.4, 0.5) is 0 Å². The van der Waals surface area contributed by atoms with Gasteiger partial charge in [0.1, 0.15) is 5.76 Å². The number of hydrogen-bond acceptors (Lipinski definition) is 4. The van der Waals surface area contributed by atoms with Gasteiger partial charge in [0.25, 0.3) is 17.7 Å². The number of amides is 3. The molecule has 1 aliphatic rings. The van der Waals surface area contributed by atoms with Crippen molar-refractivity contribution in [3.8, 4) is 0 Å². The Kier molecular flexibility index (Phi) is 5.51. The topological polar surface area (TPSA) is 79.6 Å². The zero-order valence-corrected chi connectivity index (χ0v) is 14.8. The van der Waals surface area contributed by atoms with Gasteiger partial charge in [0.2, 0.25) is 0 Å². The maximum absolute atomic E-state index is 12.6. The van der Waals surface area contributed by atoms with Crippen LogP contribution in [0.5, 0.6) is 0 Å². The Hall–Kier alpha value is -2.89.